The highest BCUT2D eigenvalue weighted by atomic mass is 32.2. The summed E-state index contributed by atoms with van der Waals surface area (Å²) in [5, 5.41) is 15.0. The molecule has 9 heteroatoms. The number of methoxy groups -OCH3 is 2. The van der Waals surface area contributed by atoms with Gasteiger partial charge in [-0.2, -0.15) is 0 Å². The third-order valence-electron chi connectivity index (χ3n) is 3.80. The van der Waals surface area contributed by atoms with Crippen molar-refractivity contribution in [2.45, 2.75) is 11.3 Å². The van der Waals surface area contributed by atoms with Gasteiger partial charge in [-0.05, 0) is 30.7 Å². The van der Waals surface area contributed by atoms with Crippen LogP contribution >= 0.6 is 23.1 Å². The Balaban J connectivity index is 1.55. The first-order chi connectivity index (χ1) is 13.6. The molecule has 0 bridgehead atoms. The number of hydrogen-bond acceptors (Lipinski definition) is 8. The van der Waals surface area contributed by atoms with Crippen LogP contribution in [0.25, 0.3) is 0 Å². The van der Waals surface area contributed by atoms with Crippen molar-refractivity contribution in [1.29, 1.82) is 0 Å². The quantitative estimate of drug-likeness (QED) is 0.528. The number of nitrogens with one attached hydrogen (secondary N) is 2. The molecule has 0 aliphatic rings. The van der Waals surface area contributed by atoms with E-state index in [1.54, 1.807) is 32.4 Å². The zero-order valence-electron chi connectivity index (χ0n) is 15.7. The first-order valence-electron chi connectivity index (χ1n) is 8.40. The fourth-order valence-corrected chi connectivity index (χ4v) is 3.93. The predicted octanol–water partition coefficient (Wildman–Crippen LogP) is 4.34. The molecule has 0 radical (unpaired) electrons. The van der Waals surface area contributed by atoms with Crippen molar-refractivity contribution in [2.75, 3.05) is 30.6 Å². The topological polar surface area (TPSA) is 85.4 Å². The molecule has 0 aliphatic carbocycles. The van der Waals surface area contributed by atoms with Crippen LogP contribution in [0.2, 0.25) is 0 Å². The Bertz CT molecular complexity index is 962. The second kappa shape index (κ2) is 9.43. The van der Waals surface area contributed by atoms with E-state index in [0.717, 1.165) is 11.3 Å². The number of thioether (sulfide) groups is 1. The Hall–Kier alpha value is -2.78. The van der Waals surface area contributed by atoms with Gasteiger partial charge < -0.3 is 20.1 Å². The lowest BCUT2D eigenvalue weighted by molar-refractivity contribution is -0.113. The van der Waals surface area contributed by atoms with Crippen LogP contribution in [0.1, 0.15) is 5.56 Å². The number of para-hydroxylation sites is 1. The van der Waals surface area contributed by atoms with Crippen molar-refractivity contribution < 1.29 is 14.3 Å². The number of carbonyl (C=O) groups excluding carboxylic acids is 1. The van der Waals surface area contributed by atoms with Crippen LogP contribution < -0.4 is 20.1 Å². The maximum atomic E-state index is 12.3. The normalized spacial score (nSPS) is 10.4. The second-order valence-electron chi connectivity index (χ2n) is 5.72. The van der Waals surface area contributed by atoms with Crippen molar-refractivity contribution in [3.63, 3.8) is 0 Å². The molecule has 28 heavy (non-hydrogen) atoms. The monoisotopic (exact) mass is 416 g/mol. The average Bonchev–Trinajstić information content (AvgIpc) is 3.16. The third-order valence-corrected chi connectivity index (χ3v) is 5.77. The highest BCUT2D eigenvalue weighted by Crippen LogP contribution is 2.31. The van der Waals surface area contributed by atoms with Crippen LogP contribution in [-0.4, -0.2) is 36.1 Å². The van der Waals surface area contributed by atoms with Gasteiger partial charge in [0.15, 0.2) is 4.34 Å². The van der Waals surface area contributed by atoms with E-state index in [0.29, 0.717) is 26.7 Å². The molecule has 3 rings (SSSR count). The van der Waals surface area contributed by atoms with Crippen molar-refractivity contribution >= 4 is 45.5 Å². The molecule has 2 N–H and O–H groups in total. The Kier molecular flexibility index (Phi) is 6.72. The van der Waals surface area contributed by atoms with Gasteiger partial charge in [-0.3, -0.25) is 4.79 Å². The van der Waals surface area contributed by atoms with E-state index in [1.165, 1.54) is 23.1 Å². The van der Waals surface area contributed by atoms with Crippen molar-refractivity contribution in [1.82, 2.24) is 10.2 Å². The lowest BCUT2D eigenvalue weighted by atomic mass is 10.2. The number of aryl methyl sites for hydroxylation is 1. The summed E-state index contributed by atoms with van der Waals surface area (Å²) in [6, 6.07) is 13.2. The SMILES string of the molecule is COc1ccc(NC(=O)CSc2nnc(Nc3ccccc3C)s2)c(OC)c1. The molecule has 0 saturated heterocycles. The first kappa shape index (κ1) is 20.0. The molecule has 0 saturated carbocycles. The van der Waals surface area contributed by atoms with Gasteiger partial charge in [-0.1, -0.05) is 41.3 Å². The van der Waals surface area contributed by atoms with Gasteiger partial charge >= 0.3 is 0 Å². The van der Waals surface area contributed by atoms with Gasteiger partial charge in [-0.25, -0.2) is 0 Å². The number of aromatic nitrogens is 2. The van der Waals surface area contributed by atoms with Crippen LogP contribution in [0.3, 0.4) is 0 Å². The minimum atomic E-state index is -0.155. The highest BCUT2D eigenvalue weighted by Gasteiger charge is 2.12. The number of rotatable bonds is 8. The molecule has 1 aromatic heterocycles. The van der Waals surface area contributed by atoms with E-state index in [1.807, 2.05) is 31.2 Å². The zero-order chi connectivity index (χ0) is 19.9. The predicted molar refractivity (Wildman–Crippen MR) is 113 cm³/mol. The molecule has 0 fully saturated rings. The minimum absolute atomic E-state index is 0.155. The van der Waals surface area contributed by atoms with Crippen LogP contribution in [0.4, 0.5) is 16.5 Å². The number of hydrogen-bond donors (Lipinski definition) is 2. The van der Waals surface area contributed by atoms with Gasteiger partial charge in [-0.15, -0.1) is 10.2 Å². The van der Waals surface area contributed by atoms with E-state index >= 15 is 0 Å². The van der Waals surface area contributed by atoms with Crippen molar-refractivity contribution in [3.05, 3.63) is 48.0 Å². The van der Waals surface area contributed by atoms with Crippen LogP contribution in [-0.2, 0) is 4.79 Å². The molecule has 0 atom stereocenters. The summed E-state index contributed by atoms with van der Waals surface area (Å²) in [5.41, 5.74) is 2.70. The van der Waals surface area contributed by atoms with Gasteiger partial charge in [0.1, 0.15) is 11.5 Å². The summed E-state index contributed by atoms with van der Waals surface area (Å²) in [6.45, 7) is 2.02. The van der Waals surface area contributed by atoms with Gasteiger partial charge in [0.05, 0.1) is 25.7 Å². The fraction of sp³-hybridized carbons (Fsp3) is 0.211. The average molecular weight is 417 g/mol. The molecule has 0 aliphatic heterocycles. The molecular formula is C19H20N4O3S2. The first-order valence-corrected chi connectivity index (χ1v) is 10.2. The van der Waals surface area contributed by atoms with Crippen LogP contribution in [0.5, 0.6) is 11.5 Å². The highest BCUT2D eigenvalue weighted by molar-refractivity contribution is 8.01. The van der Waals surface area contributed by atoms with Gasteiger partial charge in [0, 0.05) is 11.8 Å². The molecule has 7 nitrogen and oxygen atoms in total. The second-order valence-corrected chi connectivity index (χ2v) is 7.92. The summed E-state index contributed by atoms with van der Waals surface area (Å²) in [4.78, 5) is 12.3. The molecule has 1 amide bonds. The third kappa shape index (κ3) is 5.14. The van der Waals surface area contributed by atoms with Gasteiger partial charge in [0.25, 0.3) is 0 Å². The largest absolute Gasteiger partial charge is 0.497 e. The van der Waals surface area contributed by atoms with Crippen molar-refractivity contribution in [2.24, 2.45) is 0 Å². The summed E-state index contributed by atoms with van der Waals surface area (Å²) in [7, 11) is 3.12. The molecular weight excluding hydrogens is 396 g/mol. The number of nitrogens with zero attached hydrogens (tertiary/aromatic N) is 2. The number of benzene rings is 2. The molecule has 3 aromatic rings. The van der Waals surface area contributed by atoms with Crippen molar-refractivity contribution in [3.8, 4) is 11.5 Å². The van der Waals surface area contributed by atoms with Crippen LogP contribution in [0.15, 0.2) is 46.8 Å². The zero-order valence-corrected chi connectivity index (χ0v) is 17.3. The Morgan fingerprint density at radius 3 is 2.68 bits per heavy atom. The molecule has 2 aromatic carbocycles. The maximum Gasteiger partial charge on any atom is 0.234 e. The lowest BCUT2D eigenvalue weighted by Gasteiger charge is -2.11. The molecule has 0 unspecified atom stereocenters. The lowest BCUT2D eigenvalue weighted by Crippen LogP contribution is -2.14. The summed E-state index contributed by atoms with van der Waals surface area (Å²) >= 11 is 2.74. The number of amides is 1. The smallest absolute Gasteiger partial charge is 0.234 e. The maximum absolute atomic E-state index is 12.3. The van der Waals surface area contributed by atoms with E-state index in [4.69, 9.17) is 9.47 Å². The van der Waals surface area contributed by atoms with E-state index in [-0.39, 0.29) is 11.7 Å². The number of anilines is 3. The minimum Gasteiger partial charge on any atom is -0.497 e. The van der Waals surface area contributed by atoms with Crippen LogP contribution in [0, 0.1) is 6.92 Å². The van der Waals surface area contributed by atoms with E-state index in [9.17, 15) is 4.79 Å². The molecule has 146 valence electrons. The summed E-state index contributed by atoms with van der Waals surface area (Å²) < 4.78 is 11.2. The van der Waals surface area contributed by atoms with E-state index < -0.39 is 0 Å². The van der Waals surface area contributed by atoms with Gasteiger partial charge in [0.2, 0.25) is 11.0 Å². The number of ether oxygens (including phenoxy) is 2. The van der Waals surface area contributed by atoms with E-state index in [2.05, 4.69) is 20.8 Å². The summed E-state index contributed by atoms with van der Waals surface area (Å²) in [6.07, 6.45) is 0. The molecule has 1 heterocycles. The standard InChI is InChI=1S/C19H20N4O3S2/c1-12-6-4-5-7-14(12)21-18-22-23-19(28-18)27-11-17(24)20-15-9-8-13(25-2)10-16(15)26-3/h4-10H,11H2,1-3H3,(H,20,24)(H,21,22). The Morgan fingerprint density at radius 2 is 1.93 bits per heavy atom. The molecule has 0 spiro atoms. The number of carbonyl (C=O) groups is 1. The summed E-state index contributed by atoms with van der Waals surface area (Å²) in [5.74, 6) is 1.26. The Labute approximate surface area is 171 Å². The fourth-order valence-electron chi connectivity index (χ4n) is 2.36. The Morgan fingerprint density at radius 1 is 1.11 bits per heavy atom.